The Morgan fingerprint density at radius 3 is 2.83 bits per heavy atom. The van der Waals surface area contributed by atoms with E-state index in [0.717, 1.165) is 10.7 Å². The molecule has 1 heterocycles. The number of hydrogen-bond acceptors (Lipinski definition) is 1. The molecule has 3 heteroatoms. The van der Waals surface area contributed by atoms with Gasteiger partial charge in [0.25, 0.3) is 0 Å². The van der Waals surface area contributed by atoms with Gasteiger partial charge < -0.3 is 5.48 Å². The quantitative estimate of drug-likeness (QED) is 0.566. The topological polar surface area (TPSA) is 40.7 Å². The molecule has 0 saturated carbocycles. The second-order valence-corrected chi connectivity index (χ2v) is 8.40. The summed E-state index contributed by atoms with van der Waals surface area (Å²) < 4.78 is 8.06. The van der Waals surface area contributed by atoms with Crippen LogP contribution < -0.4 is 0 Å². The molecule has 2 nitrogen and oxygen atoms in total. The zero-order valence-corrected chi connectivity index (χ0v) is 11.3. The molecule has 0 amide bonds. The van der Waals surface area contributed by atoms with Gasteiger partial charge in [-0.3, -0.25) is 0 Å². The Labute approximate surface area is 85.6 Å². The van der Waals surface area contributed by atoms with Gasteiger partial charge in [-0.05, 0) is 0 Å². The monoisotopic (exact) mass is 281 g/mol. The van der Waals surface area contributed by atoms with Crippen LogP contribution >= 0.6 is 0 Å². The van der Waals surface area contributed by atoms with Crippen LogP contribution in [0.2, 0.25) is 4.44 Å². The van der Waals surface area contributed by atoms with Crippen molar-refractivity contribution in [1.82, 2.24) is 0 Å². The summed E-state index contributed by atoms with van der Waals surface area (Å²) >= 11 is -0.297. The van der Waals surface area contributed by atoms with E-state index in [2.05, 4.69) is 6.92 Å². The summed E-state index contributed by atoms with van der Waals surface area (Å²) in [7, 11) is 0. The van der Waals surface area contributed by atoms with E-state index in [1.807, 2.05) is 0 Å². The molecular formula is C9H21O2Sn. The first-order chi connectivity index (χ1) is 5.43. The van der Waals surface area contributed by atoms with E-state index in [-0.39, 0.29) is 26.6 Å². The molecule has 0 aliphatic carbocycles. The summed E-state index contributed by atoms with van der Waals surface area (Å²) in [6, 6.07) is 0. The van der Waals surface area contributed by atoms with Crippen molar-refractivity contribution >= 4 is 21.1 Å². The molecule has 0 aromatic carbocycles. The minimum absolute atomic E-state index is 0. The molecule has 1 rings (SSSR count). The Morgan fingerprint density at radius 2 is 2.25 bits per heavy atom. The zero-order chi connectivity index (χ0) is 7.94. The third-order valence-corrected chi connectivity index (χ3v) is 7.32. The van der Waals surface area contributed by atoms with E-state index >= 15 is 0 Å². The normalized spacial score (nSPS) is 23.2. The molecular weight excluding hydrogens is 259 g/mol. The van der Waals surface area contributed by atoms with E-state index in [1.165, 1.54) is 32.1 Å². The van der Waals surface area contributed by atoms with Crippen LogP contribution in [0.15, 0.2) is 0 Å². The fraction of sp³-hybridized carbons (Fsp3) is 1.00. The predicted molar refractivity (Wildman–Crippen MR) is 54.1 cm³/mol. The van der Waals surface area contributed by atoms with Crippen LogP contribution in [0.5, 0.6) is 0 Å². The maximum absolute atomic E-state index is 5.71. The third kappa shape index (κ3) is 5.38. The van der Waals surface area contributed by atoms with E-state index in [1.54, 1.807) is 4.44 Å². The van der Waals surface area contributed by atoms with Crippen LogP contribution in [0.25, 0.3) is 0 Å². The van der Waals surface area contributed by atoms with Crippen molar-refractivity contribution in [3.63, 3.8) is 0 Å². The van der Waals surface area contributed by atoms with Gasteiger partial charge in [0, 0.05) is 0 Å². The molecule has 1 aliphatic rings. The van der Waals surface area contributed by atoms with Gasteiger partial charge in [-0.2, -0.15) is 0 Å². The van der Waals surface area contributed by atoms with Crippen molar-refractivity contribution in [1.29, 1.82) is 0 Å². The van der Waals surface area contributed by atoms with Gasteiger partial charge in [0.05, 0.1) is 0 Å². The summed E-state index contributed by atoms with van der Waals surface area (Å²) in [4.78, 5) is 0. The maximum atomic E-state index is 5.71. The molecule has 1 saturated heterocycles. The van der Waals surface area contributed by atoms with Crippen LogP contribution in [0.3, 0.4) is 0 Å². The first kappa shape index (κ1) is 12.7. The molecule has 1 aliphatic heterocycles. The molecule has 0 aromatic heterocycles. The second-order valence-electron chi connectivity index (χ2n) is 3.28. The first-order valence-electron chi connectivity index (χ1n) is 4.88. The van der Waals surface area contributed by atoms with Crippen molar-refractivity contribution in [2.45, 2.75) is 47.6 Å². The largest absolute Gasteiger partial charge is 0.412 e. The molecule has 0 spiro atoms. The molecule has 1 atom stereocenters. The van der Waals surface area contributed by atoms with Crippen LogP contribution in [0, 0.1) is 0 Å². The fourth-order valence-electron chi connectivity index (χ4n) is 1.46. The molecule has 73 valence electrons. The number of rotatable bonds is 4. The van der Waals surface area contributed by atoms with E-state index in [0.29, 0.717) is 0 Å². The van der Waals surface area contributed by atoms with Crippen molar-refractivity contribution in [2.24, 2.45) is 0 Å². The van der Waals surface area contributed by atoms with E-state index in [9.17, 15) is 0 Å². The average Bonchev–Trinajstić information content (AvgIpc) is 2.07. The molecule has 2 N–H and O–H groups in total. The zero-order valence-electron chi connectivity index (χ0n) is 8.01. The van der Waals surface area contributed by atoms with Gasteiger partial charge in [0.15, 0.2) is 0 Å². The smallest absolute Gasteiger partial charge is 0.412 e. The van der Waals surface area contributed by atoms with Gasteiger partial charge in [0.2, 0.25) is 0 Å². The van der Waals surface area contributed by atoms with Crippen molar-refractivity contribution in [2.75, 3.05) is 6.61 Å². The molecule has 0 aromatic rings. The fourth-order valence-corrected chi connectivity index (χ4v) is 6.48. The summed E-state index contributed by atoms with van der Waals surface area (Å²) in [6.45, 7) is 3.34. The average molecular weight is 280 g/mol. The van der Waals surface area contributed by atoms with E-state index < -0.39 is 0 Å². The molecule has 0 bridgehead atoms. The standard InChI is InChI=1S/C5H9O.C4H9.H2O.Sn.H/c1-2-4-6-5-3-1;1-3-4-2;;;/h4H,1-3,5H2;1,3-4H2,2H3;1H2;;. The molecule has 1 radical (unpaired) electrons. The van der Waals surface area contributed by atoms with Gasteiger partial charge in [0.1, 0.15) is 0 Å². The summed E-state index contributed by atoms with van der Waals surface area (Å²) in [5.74, 6) is 0. The Kier molecular flexibility index (Phi) is 8.82. The Morgan fingerprint density at radius 1 is 1.42 bits per heavy atom. The Bertz CT molecular complexity index is 92.5. The first-order valence-corrected chi connectivity index (χ1v) is 9.11. The van der Waals surface area contributed by atoms with Crippen LogP contribution in [0.4, 0.5) is 0 Å². The van der Waals surface area contributed by atoms with Crippen molar-refractivity contribution < 1.29 is 10.2 Å². The van der Waals surface area contributed by atoms with E-state index in [4.69, 9.17) is 4.74 Å². The summed E-state index contributed by atoms with van der Waals surface area (Å²) in [5.41, 5.74) is 0. The summed E-state index contributed by atoms with van der Waals surface area (Å²) in [6.07, 6.45) is 6.97. The van der Waals surface area contributed by atoms with Gasteiger partial charge in [-0.1, -0.05) is 0 Å². The molecule has 1 fully saturated rings. The molecule has 12 heavy (non-hydrogen) atoms. The Balaban J connectivity index is 0.00000121. The van der Waals surface area contributed by atoms with Crippen LogP contribution in [0.1, 0.15) is 39.0 Å². The number of hydrogen-bond donors (Lipinski definition) is 0. The van der Waals surface area contributed by atoms with Crippen LogP contribution in [-0.4, -0.2) is 37.3 Å². The SMILES string of the molecule is CCC[CH2][SnH][CH]1CCCCO1.O. The van der Waals surface area contributed by atoms with Gasteiger partial charge >= 0.3 is 80.1 Å². The maximum Gasteiger partial charge on any atom is -0.412 e. The van der Waals surface area contributed by atoms with Crippen molar-refractivity contribution in [3.8, 4) is 0 Å². The minimum Gasteiger partial charge on any atom is -0.412 e. The third-order valence-electron chi connectivity index (χ3n) is 2.20. The van der Waals surface area contributed by atoms with Gasteiger partial charge in [-0.15, -0.1) is 0 Å². The Hall–Kier alpha value is 0.719. The van der Waals surface area contributed by atoms with Crippen LogP contribution in [-0.2, 0) is 4.74 Å². The number of unbranched alkanes of at least 4 members (excludes halogenated alkanes) is 1. The molecule has 1 unspecified atom stereocenters. The second kappa shape index (κ2) is 8.32. The summed E-state index contributed by atoms with van der Waals surface area (Å²) in [5, 5.41) is 0. The predicted octanol–water partition coefficient (Wildman–Crippen LogP) is 1.34. The number of ether oxygens (including phenoxy) is 1. The van der Waals surface area contributed by atoms with Crippen molar-refractivity contribution in [3.05, 3.63) is 0 Å². The van der Waals surface area contributed by atoms with Gasteiger partial charge in [-0.25, -0.2) is 0 Å². The minimum atomic E-state index is -0.297.